The van der Waals surface area contributed by atoms with Crippen LogP contribution < -0.4 is 10.5 Å². The van der Waals surface area contributed by atoms with Gasteiger partial charge in [0.1, 0.15) is 5.75 Å². The molecular formula is C16H18N2O2S. The van der Waals surface area contributed by atoms with Crippen LogP contribution >= 0.6 is 11.8 Å². The first-order chi connectivity index (χ1) is 10.1. The first kappa shape index (κ1) is 15.3. The van der Waals surface area contributed by atoms with Crippen molar-refractivity contribution in [2.45, 2.75) is 17.6 Å². The lowest BCUT2D eigenvalue weighted by molar-refractivity contribution is 0.318. The van der Waals surface area contributed by atoms with Crippen LogP contribution in [0.15, 0.2) is 52.5 Å². The van der Waals surface area contributed by atoms with E-state index >= 15 is 0 Å². The number of thioether (sulfide) groups is 1. The summed E-state index contributed by atoms with van der Waals surface area (Å²) in [6.07, 6.45) is 0. The van der Waals surface area contributed by atoms with E-state index in [0.717, 1.165) is 22.6 Å². The van der Waals surface area contributed by atoms with E-state index in [0.29, 0.717) is 0 Å². The van der Waals surface area contributed by atoms with Crippen molar-refractivity contribution >= 4 is 17.6 Å². The Hall–Kier alpha value is -2.14. The molecule has 0 fully saturated rings. The number of ether oxygens (including phenoxy) is 1. The van der Waals surface area contributed by atoms with E-state index in [-0.39, 0.29) is 5.84 Å². The average molecular weight is 302 g/mol. The van der Waals surface area contributed by atoms with Crippen LogP contribution in [0.2, 0.25) is 0 Å². The lowest BCUT2D eigenvalue weighted by Gasteiger charge is -2.08. The van der Waals surface area contributed by atoms with Crippen molar-refractivity contribution in [3.05, 3.63) is 59.2 Å². The molecule has 0 saturated heterocycles. The van der Waals surface area contributed by atoms with E-state index in [1.165, 1.54) is 10.5 Å². The maximum absolute atomic E-state index is 8.69. The van der Waals surface area contributed by atoms with E-state index in [1.807, 2.05) is 49.4 Å². The van der Waals surface area contributed by atoms with Crippen LogP contribution in [-0.2, 0) is 5.75 Å². The highest BCUT2D eigenvalue weighted by atomic mass is 32.2. The molecule has 3 N–H and O–H groups in total. The Morgan fingerprint density at radius 1 is 1.24 bits per heavy atom. The van der Waals surface area contributed by atoms with Crippen molar-refractivity contribution in [2.24, 2.45) is 10.9 Å². The molecule has 5 heteroatoms. The summed E-state index contributed by atoms with van der Waals surface area (Å²) < 4.78 is 5.14. The summed E-state index contributed by atoms with van der Waals surface area (Å²) in [5.74, 6) is 1.86. The van der Waals surface area contributed by atoms with Gasteiger partial charge in [-0.15, -0.1) is 11.8 Å². The molecule has 4 nitrogen and oxygen atoms in total. The summed E-state index contributed by atoms with van der Waals surface area (Å²) in [7, 11) is 1.66. The van der Waals surface area contributed by atoms with Gasteiger partial charge in [-0.2, -0.15) is 0 Å². The Balaban J connectivity index is 2.05. The average Bonchev–Trinajstić information content (AvgIpc) is 2.53. The number of amidine groups is 1. The fourth-order valence-electron chi connectivity index (χ4n) is 1.91. The summed E-state index contributed by atoms with van der Waals surface area (Å²) in [6.45, 7) is 2.03. The third kappa shape index (κ3) is 3.92. The fourth-order valence-corrected chi connectivity index (χ4v) is 2.88. The third-order valence-electron chi connectivity index (χ3n) is 3.20. The van der Waals surface area contributed by atoms with Crippen molar-refractivity contribution in [1.82, 2.24) is 0 Å². The lowest BCUT2D eigenvalue weighted by atomic mass is 10.1. The highest BCUT2D eigenvalue weighted by Gasteiger charge is 2.04. The predicted molar refractivity (Wildman–Crippen MR) is 86.2 cm³/mol. The van der Waals surface area contributed by atoms with Crippen LogP contribution in [0.1, 0.15) is 16.7 Å². The Morgan fingerprint density at radius 2 is 1.95 bits per heavy atom. The number of nitrogens with two attached hydrogens (primary N) is 1. The summed E-state index contributed by atoms with van der Waals surface area (Å²) in [4.78, 5) is 1.19. The maximum atomic E-state index is 8.69. The third-order valence-corrected chi connectivity index (χ3v) is 4.26. The minimum absolute atomic E-state index is 0.132. The molecule has 2 rings (SSSR count). The van der Waals surface area contributed by atoms with Gasteiger partial charge >= 0.3 is 0 Å². The monoisotopic (exact) mass is 302 g/mol. The van der Waals surface area contributed by atoms with Gasteiger partial charge in [0.05, 0.1) is 7.11 Å². The molecule has 2 aromatic carbocycles. The highest BCUT2D eigenvalue weighted by molar-refractivity contribution is 7.98. The molecule has 0 radical (unpaired) electrons. The van der Waals surface area contributed by atoms with Gasteiger partial charge in [-0.25, -0.2) is 0 Å². The zero-order valence-corrected chi connectivity index (χ0v) is 12.9. The molecular weight excluding hydrogens is 284 g/mol. The van der Waals surface area contributed by atoms with Gasteiger partial charge < -0.3 is 15.7 Å². The molecule has 0 heterocycles. The maximum Gasteiger partial charge on any atom is 0.170 e. The van der Waals surface area contributed by atoms with E-state index < -0.39 is 0 Å². The number of nitrogens with zero attached hydrogens (tertiary/aromatic N) is 1. The summed E-state index contributed by atoms with van der Waals surface area (Å²) >= 11 is 1.76. The van der Waals surface area contributed by atoms with Gasteiger partial charge in [0.25, 0.3) is 0 Å². The van der Waals surface area contributed by atoms with E-state index in [4.69, 9.17) is 15.7 Å². The summed E-state index contributed by atoms with van der Waals surface area (Å²) in [5.41, 5.74) is 8.67. The number of methoxy groups -OCH3 is 1. The van der Waals surface area contributed by atoms with E-state index in [9.17, 15) is 0 Å². The Labute approximate surface area is 128 Å². The van der Waals surface area contributed by atoms with Gasteiger partial charge in [0, 0.05) is 16.2 Å². The molecule has 0 bridgehead atoms. The smallest absolute Gasteiger partial charge is 0.170 e. The number of rotatable bonds is 5. The van der Waals surface area contributed by atoms with Gasteiger partial charge in [0.2, 0.25) is 0 Å². The van der Waals surface area contributed by atoms with E-state index in [1.54, 1.807) is 18.9 Å². The topological polar surface area (TPSA) is 67.8 Å². The standard InChI is InChI=1S/C16H18N2O2S/c1-11-9-12(16(17)18-19)3-4-13(11)10-21-15-7-5-14(20-2)6-8-15/h3-9,19H,10H2,1-2H3,(H2,17,18). The van der Waals surface area contributed by atoms with Crippen molar-refractivity contribution < 1.29 is 9.94 Å². The van der Waals surface area contributed by atoms with Gasteiger partial charge in [-0.3, -0.25) is 0 Å². The zero-order chi connectivity index (χ0) is 15.2. The van der Waals surface area contributed by atoms with Crippen molar-refractivity contribution in [3.63, 3.8) is 0 Å². The molecule has 2 aromatic rings. The van der Waals surface area contributed by atoms with Crippen LogP contribution in [-0.4, -0.2) is 18.2 Å². The fraction of sp³-hybridized carbons (Fsp3) is 0.188. The van der Waals surface area contributed by atoms with E-state index in [2.05, 4.69) is 5.16 Å². The van der Waals surface area contributed by atoms with Crippen molar-refractivity contribution in [3.8, 4) is 5.75 Å². The second-order valence-electron chi connectivity index (χ2n) is 4.59. The first-order valence-corrected chi connectivity index (χ1v) is 7.47. The minimum atomic E-state index is 0.132. The van der Waals surface area contributed by atoms with Crippen molar-refractivity contribution in [1.29, 1.82) is 0 Å². The first-order valence-electron chi connectivity index (χ1n) is 6.48. The van der Waals surface area contributed by atoms with Crippen LogP contribution in [0.25, 0.3) is 0 Å². The molecule has 110 valence electrons. The Kier molecular flexibility index (Phi) is 5.11. The normalized spacial score (nSPS) is 11.4. The molecule has 0 unspecified atom stereocenters. The second kappa shape index (κ2) is 7.04. The zero-order valence-electron chi connectivity index (χ0n) is 12.0. The highest BCUT2D eigenvalue weighted by Crippen LogP contribution is 2.26. The van der Waals surface area contributed by atoms with Crippen LogP contribution in [0.4, 0.5) is 0 Å². The summed E-state index contributed by atoms with van der Waals surface area (Å²) in [6, 6.07) is 13.8. The largest absolute Gasteiger partial charge is 0.497 e. The minimum Gasteiger partial charge on any atom is -0.497 e. The molecule has 0 aliphatic heterocycles. The van der Waals surface area contributed by atoms with Gasteiger partial charge in [0.15, 0.2) is 5.84 Å². The van der Waals surface area contributed by atoms with Gasteiger partial charge in [-0.05, 0) is 48.4 Å². The van der Waals surface area contributed by atoms with Crippen molar-refractivity contribution in [2.75, 3.05) is 7.11 Å². The molecule has 0 aliphatic rings. The lowest BCUT2D eigenvalue weighted by Crippen LogP contribution is -2.13. The molecule has 21 heavy (non-hydrogen) atoms. The second-order valence-corrected chi connectivity index (χ2v) is 5.64. The molecule has 0 aromatic heterocycles. The Morgan fingerprint density at radius 3 is 2.52 bits per heavy atom. The molecule has 0 atom stereocenters. The molecule has 0 saturated carbocycles. The molecule has 0 aliphatic carbocycles. The van der Waals surface area contributed by atoms with Crippen LogP contribution in [0.5, 0.6) is 5.75 Å². The number of oxime groups is 1. The number of hydrogen-bond donors (Lipinski definition) is 2. The van der Waals surface area contributed by atoms with Gasteiger partial charge in [-0.1, -0.05) is 17.3 Å². The number of aryl methyl sites for hydroxylation is 1. The SMILES string of the molecule is COc1ccc(SCc2ccc(/C(N)=N/O)cc2C)cc1. The summed E-state index contributed by atoms with van der Waals surface area (Å²) in [5, 5.41) is 11.7. The van der Waals surface area contributed by atoms with Crippen LogP contribution in [0, 0.1) is 6.92 Å². The Bertz CT molecular complexity index is 639. The quantitative estimate of drug-likeness (QED) is 0.292. The number of hydrogen-bond acceptors (Lipinski definition) is 4. The predicted octanol–water partition coefficient (Wildman–Crippen LogP) is 3.39. The molecule has 0 amide bonds. The number of benzene rings is 2. The molecule has 0 spiro atoms. The van der Waals surface area contributed by atoms with Crippen LogP contribution in [0.3, 0.4) is 0 Å².